The molecule has 4 aliphatic carbocycles. The third-order valence-electron chi connectivity index (χ3n) is 24.6. The number of allylic oxidation sites excluding steroid dienone is 7. The van der Waals surface area contributed by atoms with E-state index in [1.54, 1.807) is 40.2 Å². The van der Waals surface area contributed by atoms with Crippen molar-refractivity contribution in [1.82, 2.24) is 9.80 Å². The van der Waals surface area contributed by atoms with Crippen molar-refractivity contribution in [2.75, 3.05) is 47.6 Å². The van der Waals surface area contributed by atoms with Crippen LogP contribution < -0.4 is 0 Å². The lowest BCUT2D eigenvalue weighted by Gasteiger charge is -2.52. The van der Waals surface area contributed by atoms with Crippen LogP contribution >= 0.6 is 0 Å². The molecule has 0 spiro atoms. The summed E-state index contributed by atoms with van der Waals surface area (Å²) in [6.07, 6.45) is 16.7. The number of hydrogen-bond acceptors (Lipinski definition) is 21. The Morgan fingerprint density at radius 2 is 1.48 bits per heavy atom. The summed E-state index contributed by atoms with van der Waals surface area (Å²) in [5.74, 6) is -11.4. The lowest BCUT2D eigenvalue weighted by Crippen LogP contribution is -2.61. The number of aliphatic hydroxyl groups excluding tert-OH is 2. The summed E-state index contributed by atoms with van der Waals surface area (Å²) in [6, 6.07) is -1.19. The molecule has 1 amide bonds. The topological polar surface area (TPSA) is 295 Å². The lowest BCUT2D eigenvalue weighted by atomic mass is 9.54. The van der Waals surface area contributed by atoms with Gasteiger partial charge in [0.1, 0.15) is 30.1 Å². The Morgan fingerprint density at radius 3 is 2.13 bits per heavy atom. The predicted octanol–water partition coefficient (Wildman–Crippen LogP) is 12.1. The van der Waals surface area contributed by atoms with Gasteiger partial charge in [0.15, 0.2) is 23.8 Å². The molecule has 584 valence electrons. The lowest BCUT2D eigenvalue weighted by molar-refractivity contribution is -0.265. The molecular formula is C83H122N2O20. The van der Waals surface area contributed by atoms with Gasteiger partial charge in [-0.1, -0.05) is 90.8 Å². The molecule has 2 saturated carbocycles. The van der Waals surface area contributed by atoms with Crippen LogP contribution in [0.2, 0.25) is 0 Å². The average molecular weight is 1470 g/mol. The number of esters is 4. The predicted molar refractivity (Wildman–Crippen MR) is 393 cm³/mol. The number of Topliss-reactive ketones (excluding diaryl/α,β-unsaturated/α-hetero) is 4. The number of nitrogens with zero attached hydrogens (tertiary/aromatic N) is 2. The van der Waals surface area contributed by atoms with Crippen molar-refractivity contribution in [1.29, 1.82) is 0 Å². The van der Waals surface area contributed by atoms with Gasteiger partial charge in [-0.25, -0.2) is 9.59 Å². The minimum absolute atomic E-state index is 0.0255. The van der Waals surface area contributed by atoms with Crippen molar-refractivity contribution in [3.8, 4) is 0 Å². The van der Waals surface area contributed by atoms with E-state index in [1.165, 1.54) is 19.1 Å². The second-order valence-electron chi connectivity index (χ2n) is 32.0. The monoisotopic (exact) mass is 1470 g/mol. The van der Waals surface area contributed by atoms with E-state index in [0.29, 0.717) is 127 Å². The summed E-state index contributed by atoms with van der Waals surface area (Å²) in [4.78, 5) is 132. The number of amides is 1. The number of carbonyl (C=O) groups excluding carboxylic acids is 9. The van der Waals surface area contributed by atoms with Crippen LogP contribution in [0.1, 0.15) is 224 Å². The summed E-state index contributed by atoms with van der Waals surface area (Å²) < 4.78 is 48.7. The van der Waals surface area contributed by atoms with E-state index in [0.717, 1.165) is 24.0 Å². The molecule has 3 saturated heterocycles. The molecule has 4 heterocycles. The molecule has 8 rings (SSSR count). The molecule has 4 aliphatic heterocycles. The number of piperidine rings is 1. The number of cyclic esters (lactones) is 2. The highest BCUT2D eigenvalue weighted by molar-refractivity contribution is 6.39. The highest BCUT2D eigenvalue weighted by Crippen LogP contribution is 2.63. The molecule has 3 N–H and O–H groups in total. The molecule has 5 fully saturated rings. The van der Waals surface area contributed by atoms with E-state index in [-0.39, 0.29) is 97.6 Å². The van der Waals surface area contributed by atoms with Gasteiger partial charge < -0.3 is 63.0 Å². The van der Waals surface area contributed by atoms with E-state index >= 15 is 0 Å². The van der Waals surface area contributed by atoms with E-state index in [4.69, 9.17) is 37.9 Å². The summed E-state index contributed by atoms with van der Waals surface area (Å²) in [6.45, 7) is 21.8. The highest BCUT2D eigenvalue weighted by Gasteiger charge is 2.62. The maximum atomic E-state index is 14.8. The Balaban J connectivity index is 0.960. The number of ketones is 4. The zero-order valence-electron chi connectivity index (χ0n) is 65.0. The summed E-state index contributed by atoms with van der Waals surface area (Å²) in [5.41, 5.74) is 1.32. The van der Waals surface area contributed by atoms with Crippen molar-refractivity contribution >= 4 is 52.9 Å². The standard InChI is InChI=1S/C83H122N2O20/c1-15-84(16-2)47-59-71-74(92)73(91)70-60-37-38-66(81(60,10)40-39-61(70)82(71,11)67(48-98-12)103-79(59)95)102-68(88)29-22-17-18-23-30-69(89)104-75-54(8)43-51(5)63(87)46-65(52(6)44-56-32-34-57(86)35-33-56)101-80(96)62-28-24-25-41-85(62)78(94)77(93)83(97)55(9)31-36-58(105-83)45-64(99-13)50(4)27-21-19-20-26-49(3)42-53(7)72(90)76(75)100-14/h19-21,26-27,43,47,49,51-53,55-58,60,62,64-67,75-76,86,92,97H,15-18,22-25,28-42,44-46,48H2,1-14H3/b21-19+,26-20+,50-27+,54-43+,59-47-/t49-,51-,52-,53-,55-,56?,57?,58+,60+,62?,64+,65+,66+,67-,75-,76+,81+,82+,83-/m1/s1. The van der Waals surface area contributed by atoms with Crippen LogP contribution in [-0.2, 0) is 81.0 Å². The maximum Gasteiger partial charge on any atom is 0.340 e. The van der Waals surface area contributed by atoms with Gasteiger partial charge >= 0.3 is 23.9 Å². The Kier molecular flexibility index (Phi) is 30.1. The number of ether oxygens (including phenoxy) is 8. The van der Waals surface area contributed by atoms with E-state index in [9.17, 15) is 58.5 Å². The zero-order chi connectivity index (χ0) is 76.8. The molecular weight excluding hydrogens is 1340 g/mol. The fourth-order valence-electron chi connectivity index (χ4n) is 17.9. The maximum absolute atomic E-state index is 14.8. The van der Waals surface area contributed by atoms with Crippen LogP contribution in [0.15, 0.2) is 81.9 Å². The number of fused-ring (bicyclic) bond motifs is 7. The van der Waals surface area contributed by atoms with Crippen molar-refractivity contribution < 1.29 is 96.4 Å². The molecule has 0 aromatic carbocycles. The van der Waals surface area contributed by atoms with Crippen LogP contribution in [0.3, 0.4) is 0 Å². The first-order valence-electron chi connectivity index (χ1n) is 39.1. The fraction of sp³-hybridized carbons (Fsp3) is 0.723. The van der Waals surface area contributed by atoms with E-state index < -0.39 is 130 Å². The first kappa shape index (κ1) is 84.2. The van der Waals surface area contributed by atoms with Gasteiger partial charge in [0.2, 0.25) is 11.6 Å². The van der Waals surface area contributed by atoms with Gasteiger partial charge in [0.25, 0.3) is 11.7 Å². The summed E-state index contributed by atoms with van der Waals surface area (Å²) >= 11 is 0. The summed E-state index contributed by atoms with van der Waals surface area (Å²) in [7, 11) is 4.48. The van der Waals surface area contributed by atoms with Crippen molar-refractivity contribution in [3.05, 3.63) is 81.9 Å². The molecule has 1 unspecified atom stereocenters. The Hall–Kier alpha value is -6.43. The molecule has 22 heteroatoms. The van der Waals surface area contributed by atoms with Gasteiger partial charge in [0.05, 0.1) is 35.9 Å². The first-order chi connectivity index (χ1) is 49.9. The third kappa shape index (κ3) is 19.5. The van der Waals surface area contributed by atoms with Crippen molar-refractivity contribution in [2.24, 2.45) is 52.3 Å². The zero-order valence-corrected chi connectivity index (χ0v) is 65.0. The first-order valence-corrected chi connectivity index (χ1v) is 39.1. The van der Waals surface area contributed by atoms with Crippen LogP contribution in [0.4, 0.5) is 0 Å². The fourth-order valence-corrected chi connectivity index (χ4v) is 17.9. The van der Waals surface area contributed by atoms with Crippen LogP contribution in [0.5, 0.6) is 0 Å². The Morgan fingerprint density at radius 1 is 0.790 bits per heavy atom. The average Bonchev–Trinajstić information content (AvgIpc) is 1.68. The van der Waals surface area contributed by atoms with E-state index in [1.807, 2.05) is 83.7 Å². The minimum atomic E-state index is -2.47. The number of hydrogen-bond donors (Lipinski definition) is 3. The smallest absolute Gasteiger partial charge is 0.340 e. The molecule has 8 aliphatic rings. The number of aliphatic hydroxyl groups is 3. The number of unbranched alkanes of at least 4 members (excludes halogenated alkanes) is 3. The highest BCUT2D eigenvalue weighted by atomic mass is 16.6. The van der Waals surface area contributed by atoms with E-state index in [2.05, 4.69) is 6.92 Å². The van der Waals surface area contributed by atoms with Crippen LogP contribution in [-0.4, -0.2) is 186 Å². The molecule has 0 radical (unpaired) electrons. The molecule has 105 heavy (non-hydrogen) atoms. The van der Waals surface area contributed by atoms with Gasteiger partial charge in [-0.15, -0.1) is 0 Å². The normalized spacial score (nSPS) is 36.8. The number of carbonyl (C=O) groups is 9. The number of rotatable bonds is 19. The quantitative estimate of drug-likeness (QED) is 0.0270. The third-order valence-corrected chi connectivity index (χ3v) is 24.6. The van der Waals surface area contributed by atoms with Crippen molar-refractivity contribution in [2.45, 2.75) is 285 Å². The largest absolute Gasteiger partial charge is 0.504 e. The molecule has 0 aromatic heterocycles. The van der Waals surface area contributed by atoms with Crippen LogP contribution in [0.25, 0.3) is 0 Å². The van der Waals surface area contributed by atoms with Gasteiger partial charge in [0, 0.05) is 107 Å². The SMILES string of the molecule is CCN(/C=C1\C(=O)O[C@H](COC)[C@]2(C)C3=C(C(=O)C(O)=C12)[C@@H]1CC[C@H](OC(=O)CCCCCCC(=O)O[C@@H]2/C(C)=C/[C@@H](C)C(=O)C[C@@H]([C@H](C)CC4CCC(O)CC4)OC(=O)C4CCCCN4C(=O)C(=O)[C@]4(O)O[C@@H](CC[C@H]4C)C[C@H](OC)/C(C)=C/C=C/C=C/[C@@H](C)C[C@@H](C)C(=O)[C@@H]2OC)[C@@]1(C)CC3)CC. The van der Waals surface area contributed by atoms with Gasteiger partial charge in [-0.05, 0) is 184 Å². The molecule has 2 bridgehead atoms. The molecule has 17 atom stereocenters. The van der Waals surface area contributed by atoms with Crippen LogP contribution in [0, 0.1) is 52.3 Å². The number of methoxy groups -OCH3 is 3. The van der Waals surface area contributed by atoms with Gasteiger partial charge in [-0.2, -0.15) is 0 Å². The second-order valence-corrected chi connectivity index (χ2v) is 32.0. The molecule has 0 aromatic rings. The second kappa shape index (κ2) is 37.6. The summed E-state index contributed by atoms with van der Waals surface area (Å²) in [5, 5.41) is 34.5. The molecule has 22 nitrogen and oxygen atoms in total. The van der Waals surface area contributed by atoms with Crippen molar-refractivity contribution in [3.63, 3.8) is 0 Å². The van der Waals surface area contributed by atoms with Gasteiger partial charge in [-0.3, -0.25) is 33.6 Å². The minimum Gasteiger partial charge on any atom is -0.504 e. The Bertz CT molecular complexity index is 3370. The Labute approximate surface area is 622 Å².